The van der Waals surface area contributed by atoms with E-state index in [1.165, 1.54) is 23.1 Å². The van der Waals surface area contributed by atoms with Crippen molar-refractivity contribution < 1.29 is 27.8 Å². The van der Waals surface area contributed by atoms with Crippen molar-refractivity contribution in [2.45, 2.75) is 39.2 Å². The van der Waals surface area contributed by atoms with E-state index < -0.39 is 23.6 Å². The van der Waals surface area contributed by atoms with Crippen LogP contribution in [0.15, 0.2) is 42.5 Å². The number of aliphatic hydroxyl groups is 1. The average Bonchev–Trinajstić information content (AvgIpc) is 2.60. The van der Waals surface area contributed by atoms with Crippen LogP contribution in [0.2, 0.25) is 0 Å². The van der Waals surface area contributed by atoms with Gasteiger partial charge in [-0.3, -0.25) is 9.78 Å². The summed E-state index contributed by atoms with van der Waals surface area (Å²) in [7, 11) is 0. The second-order valence-corrected chi connectivity index (χ2v) is 6.75. The molecule has 1 aromatic carbocycles. The molecule has 0 aliphatic heterocycles. The largest absolute Gasteiger partial charge is 0.573 e. The number of nitrogens with zero attached hydrogens (tertiary/aromatic N) is 2. The quantitative estimate of drug-likeness (QED) is 0.771. The maximum absolute atomic E-state index is 12.7. The zero-order valence-corrected chi connectivity index (χ0v) is 16.0. The van der Waals surface area contributed by atoms with Gasteiger partial charge in [0.2, 0.25) is 0 Å². The molecule has 152 valence electrons. The molecule has 0 saturated heterocycles. The summed E-state index contributed by atoms with van der Waals surface area (Å²) in [5, 5.41) is 10.1. The van der Waals surface area contributed by atoms with Crippen LogP contribution in [0.25, 0.3) is 0 Å². The molecular weight excluding hydrogens is 373 g/mol. The topological polar surface area (TPSA) is 62.7 Å². The Labute approximate surface area is 161 Å². The summed E-state index contributed by atoms with van der Waals surface area (Å²) in [4.78, 5) is 18.6. The summed E-state index contributed by atoms with van der Waals surface area (Å²) in [5.74, 6) is -1.08. The first-order chi connectivity index (χ1) is 13.0. The smallest absolute Gasteiger partial charge is 0.405 e. The van der Waals surface area contributed by atoms with Crippen LogP contribution in [0.4, 0.5) is 13.2 Å². The van der Waals surface area contributed by atoms with Crippen LogP contribution in [0, 0.1) is 0 Å². The first-order valence-electron chi connectivity index (χ1n) is 8.84. The summed E-state index contributed by atoms with van der Waals surface area (Å²) in [6.45, 7) is 5.56. The van der Waals surface area contributed by atoms with Crippen LogP contribution in [0.3, 0.4) is 0 Å². The van der Waals surface area contributed by atoms with E-state index in [4.69, 9.17) is 0 Å². The predicted octanol–water partition coefficient (Wildman–Crippen LogP) is 3.91. The number of aromatic nitrogens is 1. The Morgan fingerprint density at radius 2 is 1.82 bits per heavy atom. The number of rotatable bonds is 7. The molecule has 8 heteroatoms. The molecule has 0 unspecified atom stereocenters. The lowest BCUT2D eigenvalue weighted by Crippen LogP contribution is -2.33. The Morgan fingerprint density at radius 1 is 1.14 bits per heavy atom. The normalized spacial score (nSPS) is 12.0. The van der Waals surface area contributed by atoms with Gasteiger partial charge in [0.25, 0.3) is 5.91 Å². The van der Waals surface area contributed by atoms with Crippen molar-refractivity contribution in [2.75, 3.05) is 13.1 Å². The maximum atomic E-state index is 12.7. The highest BCUT2D eigenvalue weighted by molar-refractivity contribution is 5.96. The zero-order valence-electron chi connectivity index (χ0n) is 16.0. The molecule has 0 spiro atoms. The number of para-hydroxylation sites is 1. The van der Waals surface area contributed by atoms with Crippen LogP contribution in [-0.2, 0) is 12.0 Å². The zero-order chi connectivity index (χ0) is 20.9. The highest BCUT2D eigenvalue weighted by Gasteiger charge is 2.33. The lowest BCUT2D eigenvalue weighted by molar-refractivity contribution is -0.274. The lowest BCUT2D eigenvalue weighted by atomic mass is 10.0. The molecule has 0 aliphatic carbocycles. The number of pyridine rings is 1. The SMILES string of the molecule is CCN(CCc1cccc(C(C)(C)O)n1)C(=O)c1ccccc1OC(F)(F)F. The molecule has 2 aromatic rings. The fourth-order valence-electron chi connectivity index (χ4n) is 2.64. The molecule has 0 atom stereocenters. The van der Waals surface area contributed by atoms with Gasteiger partial charge in [-0.2, -0.15) is 0 Å². The third-order valence-corrected chi connectivity index (χ3v) is 4.08. The number of carbonyl (C=O) groups excluding carboxylic acids is 1. The summed E-state index contributed by atoms with van der Waals surface area (Å²) in [6.07, 6.45) is -4.49. The Morgan fingerprint density at radius 3 is 2.43 bits per heavy atom. The van der Waals surface area contributed by atoms with Crippen LogP contribution in [0.1, 0.15) is 42.5 Å². The third kappa shape index (κ3) is 5.95. The van der Waals surface area contributed by atoms with Crippen molar-refractivity contribution in [3.63, 3.8) is 0 Å². The molecule has 1 aromatic heterocycles. The van der Waals surface area contributed by atoms with Crippen molar-refractivity contribution in [3.05, 3.63) is 59.4 Å². The fourth-order valence-corrected chi connectivity index (χ4v) is 2.64. The number of carbonyl (C=O) groups is 1. The van der Waals surface area contributed by atoms with E-state index >= 15 is 0 Å². The number of halogens is 3. The van der Waals surface area contributed by atoms with E-state index in [2.05, 4.69) is 9.72 Å². The number of alkyl halides is 3. The average molecular weight is 396 g/mol. The molecule has 0 radical (unpaired) electrons. The van der Waals surface area contributed by atoms with E-state index in [0.717, 1.165) is 6.07 Å². The molecule has 1 heterocycles. The van der Waals surface area contributed by atoms with Crippen molar-refractivity contribution in [1.29, 1.82) is 0 Å². The van der Waals surface area contributed by atoms with Crippen LogP contribution >= 0.6 is 0 Å². The van der Waals surface area contributed by atoms with Gasteiger partial charge in [-0.05, 0) is 45.0 Å². The maximum Gasteiger partial charge on any atom is 0.573 e. The molecule has 1 N–H and O–H groups in total. The molecule has 28 heavy (non-hydrogen) atoms. The van der Waals surface area contributed by atoms with Gasteiger partial charge >= 0.3 is 6.36 Å². The molecule has 0 fully saturated rings. The third-order valence-electron chi connectivity index (χ3n) is 4.08. The molecule has 0 saturated carbocycles. The molecular formula is C20H23F3N2O3. The highest BCUT2D eigenvalue weighted by Crippen LogP contribution is 2.27. The summed E-state index contributed by atoms with van der Waals surface area (Å²) >= 11 is 0. The van der Waals surface area contributed by atoms with Crippen molar-refractivity contribution in [3.8, 4) is 5.75 Å². The fraction of sp³-hybridized carbons (Fsp3) is 0.400. The molecule has 0 bridgehead atoms. The number of amides is 1. The Kier molecular flexibility index (Phi) is 6.66. The summed E-state index contributed by atoms with van der Waals surface area (Å²) in [6, 6.07) is 10.5. The van der Waals surface area contributed by atoms with E-state index in [0.29, 0.717) is 24.4 Å². The van der Waals surface area contributed by atoms with Crippen LogP contribution in [0.5, 0.6) is 5.75 Å². The minimum atomic E-state index is -4.88. The number of hydrogen-bond donors (Lipinski definition) is 1. The summed E-state index contributed by atoms with van der Waals surface area (Å²) in [5.41, 5.74) is -0.0710. The Hall–Kier alpha value is -2.61. The van der Waals surface area contributed by atoms with Gasteiger partial charge in [0.15, 0.2) is 0 Å². The van der Waals surface area contributed by atoms with Crippen LogP contribution in [-0.4, -0.2) is 40.3 Å². The summed E-state index contributed by atoms with van der Waals surface area (Å²) < 4.78 is 41.8. The van der Waals surface area contributed by atoms with E-state index in [1.807, 2.05) is 0 Å². The van der Waals surface area contributed by atoms with E-state index in [1.54, 1.807) is 39.0 Å². The molecule has 2 rings (SSSR count). The highest BCUT2D eigenvalue weighted by atomic mass is 19.4. The second-order valence-electron chi connectivity index (χ2n) is 6.75. The van der Waals surface area contributed by atoms with Gasteiger partial charge in [0, 0.05) is 25.2 Å². The van der Waals surface area contributed by atoms with Crippen molar-refractivity contribution in [1.82, 2.24) is 9.88 Å². The number of hydrogen-bond acceptors (Lipinski definition) is 4. The van der Waals surface area contributed by atoms with Gasteiger partial charge in [-0.25, -0.2) is 0 Å². The first kappa shape index (κ1) is 21.7. The molecule has 1 amide bonds. The minimum absolute atomic E-state index is 0.153. The van der Waals surface area contributed by atoms with Crippen LogP contribution < -0.4 is 4.74 Å². The van der Waals surface area contributed by atoms with Crippen molar-refractivity contribution >= 4 is 5.91 Å². The van der Waals surface area contributed by atoms with Gasteiger partial charge in [0.1, 0.15) is 11.4 Å². The number of likely N-dealkylation sites (N-methyl/N-ethyl adjacent to an activating group) is 1. The minimum Gasteiger partial charge on any atom is -0.405 e. The Bertz CT molecular complexity index is 817. The first-order valence-corrected chi connectivity index (χ1v) is 8.84. The van der Waals surface area contributed by atoms with Gasteiger partial charge < -0.3 is 14.7 Å². The molecule has 0 aliphatic rings. The van der Waals surface area contributed by atoms with Crippen molar-refractivity contribution in [2.24, 2.45) is 0 Å². The van der Waals surface area contributed by atoms with Gasteiger partial charge in [-0.1, -0.05) is 18.2 Å². The number of ether oxygens (including phenoxy) is 1. The van der Waals surface area contributed by atoms with Gasteiger partial charge in [-0.15, -0.1) is 13.2 Å². The monoisotopic (exact) mass is 396 g/mol. The molecule has 5 nitrogen and oxygen atoms in total. The number of benzene rings is 1. The van der Waals surface area contributed by atoms with Gasteiger partial charge in [0.05, 0.1) is 11.3 Å². The lowest BCUT2D eigenvalue weighted by Gasteiger charge is -2.23. The Balaban J connectivity index is 2.15. The van der Waals surface area contributed by atoms with E-state index in [-0.39, 0.29) is 12.1 Å². The predicted molar refractivity (Wildman–Crippen MR) is 97.9 cm³/mol. The standard InChI is InChI=1S/C20H23F3N2O3/c1-4-25(13-12-14-8-7-11-17(24-14)19(2,3)27)18(26)15-9-5-6-10-16(15)28-20(21,22)23/h5-11,27H,4,12-13H2,1-3H3. The van der Waals surface area contributed by atoms with E-state index in [9.17, 15) is 23.1 Å². The second kappa shape index (κ2) is 8.60.